The zero-order chi connectivity index (χ0) is 11.7. The van der Waals surface area contributed by atoms with E-state index in [9.17, 15) is 4.79 Å². The van der Waals surface area contributed by atoms with Gasteiger partial charge in [0, 0.05) is 6.54 Å². The van der Waals surface area contributed by atoms with Gasteiger partial charge in [0.05, 0.1) is 17.4 Å². The predicted molar refractivity (Wildman–Crippen MR) is 59.8 cm³/mol. The van der Waals surface area contributed by atoms with Crippen LogP contribution < -0.4 is 5.32 Å². The van der Waals surface area contributed by atoms with Crippen LogP contribution in [0.15, 0.2) is 0 Å². The molecule has 1 aliphatic rings. The van der Waals surface area contributed by atoms with Crippen molar-refractivity contribution in [3.05, 3.63) is 17.0 Å². The third-order valence-corrected chi connectivity index (χ3v) is 3.16. The molecule has 1 aromatic rings. The van der Waals surface area contributed by atoms with Crippen molar-refractivity contribution in [2.45, 2.75) is 32.7 Å². The smallest absolute Gasteiger partial charge is 0.339 e. The first-order chi connectivity index (χ1) is 7.61. The second-order valence-electron chi connectivity index (χ2n) is 4.30. The maximum Gasteiger partial charge on any atom is 0.339 e. The lowest BCUT2D eigenvalue weighted by Gasteiger charge is -2.24. The molecule has 1 saturated heterocycles. The molecule has 1 fully saturated rings. The number of carboxylic acids is 1. The number of aryl methyl sites for hydroxylation is 1. The number of aromatic carboxylic acids is 1. The first-order valence-electron chi connectivity index (χ1n) is 5.61. The summed E-state index contributed by atoms with van der Waals surface area (Å²) in [6.45, 7) is 5.50. The third-order valence-electron chi connectivity index (χ3n) is 3.16. The van der Waals surface area contributed by atoms with Crippen molar-refractivity contribution in [2.24, 2.45) is 0 Å². The van der Waals surface area contributed by atoms with Crippen LogP contribution >= 0.6 is 0 Å². The molecule has 1 unspecified atom stereocenters. The Labute approximate surface area is 94.5 Å². The molecule has 0 aliphatic carbocycles. The normalized spacial score (nSPS) is 21.0. The summed E-state index contributed by atoms with van der Waals surface area (Å²) in [7, 11) is 0. The van der Waals surface area contributed by atoms with E-state index in [0.29, 0.717) is 17.3 Å². The summed E-state index contributed by atoms with van der Waals surface area (Å²) < 4.78 is 1.87. The van der Waals surface area contributed by atoms with Crippen molar-refractivity contribution in [3.8, 4) is 0 Å². The van der Waals surface area contributed by atoms with E-state index in [1.54, 1.807) is 6.92 Å². The molecule has 1 aromatic heterocycles. The number of carbonyl (C=O) groups is 1. The van der Waals surface area contributed by atoms with Crippen molar-refractivity contribution in [1.82, 2.24) is 15.1 Å². The van der Waals surface area contributed by atoms with E-state index in [4.69, 9.17) is 5.11 Å². The molecule has 2 N–H and O–H groups in total. The first-order valence-corrected chi connectivity index (χ1v) is 5.61. The Bertz CT molecular complexity index is 406. The SMILES string of the molecule is Cc1nn(C2CCCNC2)c(C)c1C(=O)O. The predicted octanol–water partition coefficient (Wildman–Crippen LogP) is 1.12. The second-order valence-corrected chi connectivity index (χ2v) is 4.30. The monoisotopic (exact) mass is 223 g/mol. The molecule has 0 saturated carbocycles. The fourth-order valence-corrected chi connectivity index (χ4v) is 2.37. The van der Waals surface area contributed by atoms with Gasteiger partial charge in [-0.1, -0.05) is 0 Å². The van der Waals surface area contributed by atoms with Crippen LogP contribution in [-0.4, -0.2) is 33.9 Å². The van der Waals surface area contributed by atoms with Crippen molar-refractivity contribution in [2.75, 3.05) is 13.1 Å². The van der Waals surface area contributed by atoms with E-state index >= 15 is 0 Å². The number of piperidine rings is 1. The summed E-state index contributed by atoms with van der Waals surface area (Å²) in [4.78, 5) is 11.1. The molecule has 0 spiro atoms. The zero-order valence-corrected chi connectivity index (χ0v) is 9.66. The number of carboxylic acid groups (broad SMARTS) is 1. The number of hydrogen-bond acceptors (Lipinski definition) is 3. The van der Waals surface area contributed by atoms with Crippen LogP contribution in [0.5, 0.6) is 0 Å². The maximum absolute atomic E-state index is 11.1. The molecule has 5 nitrogen and oxygen atoms in total. The lowest BCUT2D eigenvalue weighted by Crippen LogP contribution is -2.32. The van der Waals surface area contributed by atoms with Crippen LogP contribution in [0.25, 0.3) is 0 Å². The van der Waals surface area contributed by atoms with Crippen molar-refractivity contribution in [3.63, 3.8) is 0 Å². The summed E-state index contributed by atoms with van der Waals surface area (Å²) >= 11 is 0. The zero-order valence-electron chi connectivity index (χ0n) is 9.66. The Kier molecular flexibility index (Phi) is 2.96. The van der Waals surface area contributed by atoms with Crippen molar-refractivity contribution < 1.29 is 9.90 Å². The van der Waals surface area contributed by atoms with E-state index in [1.165, 1.54) is 0 Å². The van der Waals surface area contributed by atoms with Gasteiger partial charge in [0.2, 0.25) is 0 Å². The lowest BCUT2D eigenvalue weighted by molar-refractivity contribution is 0.0695. The molecule has 2 heterocycles. The minimum atomic E-state index is -0.884. The van der Waals surface area contributed by atoms with Crippen LogP contribution in [0.3, 0.4) is 0 Å². The van der Waals surface area contributed by atoms with Crippen molar-refractivity contribution in [1.29, 1.82) is 0 Å². The quantitative estimate of drug-likeness (QED) is 0.788. The maximum atomic E-state index is 11.1. The molecule has 1 aliphatic heterocycles. The van der Waals surface area contributed by atoms with E-state index in [1.807, 2.05) is 11.6 Å². The molecule has 5 heteroatoms. The fourth-order valence-electron chi connectivity index (χ4n) is 2.37. The molecular formula is C11H17N3O2. The van der Waals surface area contributed by atoms with E-state index in [2.05, 4.69) is 10.4 Å². The minimum Gasteiger partial charge on any atom is -0.478 e. The number of nitrogens with one attached hydrogen (secondary N) is 1. The number of rotatable bonds is 2. The summed E-state index contributed by atoms with van der Waals surface area (Å²) in [6, 6.07) is 0.292. The minimum absolute atomic E-state index is 0.292. The Morgan fingerprint density at radius 1 is 1.56 bits per heavy atom. The highest BCUT2D eigenvalue weighted by molar-refractivity contribution is 5.90. The van der Waals surface area contributed by atoms with Crippen LogP contribution in [-0.2, 0) is 0 Å². The van der Waals surface area contributed by atoms with Gasteiger partial charge < -0.3 is 10.4 Å². The molecule has 2 rings (SSSR count). The molecule has 16 heavy (non-hydrogen) atoms. The van der Waals surface area contributed by atoms with Crippen LogP contribution in [0.1, 0.15) is 40.6 Å². The lowest BCUT2D eigenvalue weighted by atomic mass is 10.1. The van der Waals surface area contributed by atoms with Gasteiger partial charge in [-0.05, 0) is 33.2 Å². The van der Waals surface area contributed by atoms with Crippen LogP contribution in [0, 0.1) is 13.8 Å². The first kappa shape index (κ1) is 11.1. The van der Waals surface area contributed by atoms with Gasteiger partial charge in [0.25, 0.3) is 0 Å². The Morgan fingerprint density at radius 2 is 2.31 bits per heavy atom. The summed E-state index contributed by atoms with van der Waals surface area (Å²) in [6.07, 6.45) is 2.18. The summed E-state index contributed by atoms with van der Waals surface area (Å²) in [5, 5.41) is 16.8. The number of aromatic nitrogens is 2. The number of hydrogen-bond donors (Lipinski definition) is 2. The molecular weight excluding hydrogens is 206 g/mol. The molecule has 0 bridgehead atoms. The van der Waals surface area contributed by atoms with Gasteiger partial charge >= 0.3 is 5.97 Å². The molecule has 0 radical (unpaired) electrons. The van der Waals surface area contributed by atoms with Crippen molar-refractivity contribution >= 4 is 5.97 Å². The summed E-state index contributed by atoms with van der Waals surface area (Å²) in [5.74, 6) is -0.884. The van der Waals surface area contributed by atoms with E-state index in [0.717, 1.165) is 31.6 Å². The topological polar surface area (TPSA) is 67.2 Å². The molecule has 0 aromatic carbocycles. The average Bonchev–Trinajstić information content (AvgIpc) is 2.55. The van der Waals surface area contributed by atoms with Crippen LogP contribution in [0.4, 0.5) is 0 Å². The van der Waals surface area contributed by atoms with E-state index < -0.39 is 5.97 Å². The Morgan fingerprint density at radius 3 is 2.81 bits per heavy atom. The fraction of sp³-hybridized carbons (Fsp3) is 0.636. The Balaban J connectivity index is 2.34. The van der Waals surface area contributed by atoms with Gasteiger partial charge in [-0.25, -0.2) is 4.79 Å². The second kappa shape index (κ2) is 4.25. The highest BCUT2D eigenvalue weighted by Gasteiger charge is 2.23. The molecule has 88 valence electrons. The van der Waals surface area contributed by atoms with Gasteiger partial charge in [0.1, 0.15) is 5.56 Å². The van der Waals surface area contributed by atoms with Gasteiger partial charge in [-0.15, -0.1) is 0 Å². The largest absolute Gasteiger partial charge is 0.478 e. The Hall–Kier alpha value is -1.36. The highest BCUT2D eigenvalue weighted by atomic mass is 16.4. The molecule has 1 atom stereocenters. The number of nitrogens with zero attached hydrogens (tertiary/aromatic N) is 2. The van der Waals surface area contributed by atoms with Crippen LogP contribution in [0.2, 0.25) is 0 Å². The molecule has 0 amide bonds. The highest BCUT2D eigenvalue weighted by Crippen LogP contribution is 2.21. The average molecular weight is 223 g/mol. The van der Waals surface area contributed by atoms with Gasteiger partial charge in [0.15, 0.2) is 0 Å². The third kappa shape index (κ3) is 1.82. The standard InChI is InChI=1S/C11H17N3O2/c1-7-10(11(15)16)8(2)14(13-7)9-4-3-5-12-6-9/h9,12H,3-6H2,1-2H3,(H,15,16). The van der Waals surface area contributed by atoms with Gasteiger partial charge in [-0.3, -0.25) is 4.68 Å². The van der Waals surface area contributed by atoms with Gasteiger partial charge in [-0.2, -0.15) is 5.10 Å². The van der Waals surface area contributed by atoms with E-state index in [-0.39, 0.29) is 0 Å². The summed E-state index contributed by atoms with van der Waals surface area (Å²) in [5.41, 5.74) is 1.72.